The molecule has 0 spiro atoms. The monoisotopic (exact) mass is 186 g/mol. The summed E-state index contributed by atoms with van der Waals surface area (Å²) < 4.78 is 5.37. The van der Waals surface area contributed by atoms with Gasteiger partial charge in [-0.3, -0.25) is 0 Å². The maximum Gasteiger partial charge on any atom is 0.136 e. The molecular formula is C11H10N2O. The third-order valence-electron chi connectivity index (χ3n) is 2.18. The molecule has 0 saturated heterocycles. The van der Waals surface area contributed by atoms with Crippen molar-refractivity contribution in [1.29, 1.82) is 5.26 Å². The number of furan rings is 1. The molecule has 1 aromatic heterocycles. The first-order chi connectivity index (χ1) is 6.83. The van der Waals surface area contributed by atoms with Crippen LogP contribution in [0.15, 0.2) is 34.9 Å². The Morgan fingerprint density at radius 3 is 3.00 bits per heavy atom. The fourth-order valence-corrected chi connectivity index (χ4v) is 1.45. The van der Waals surface area contributed by atoms with Crippen molar-refractivity contribution in [2.75, 3.05) is 18.5 Å². The van der Waals surface area contributed by atoms with Gasteiger partial charge in [0.15, 0.2) is 0 Å². The Balaban J connectivity index is 2.48. The second-order valence-electron chi connectivity index (χ2n) is 3.13. The van der Waals surface area contributed by atoms with Crippen molar-refractivity contribution in [3.8, 4) is 6.07 Å². The summed E-state index contributed by atoms with van der Waals surface area (Å²) in [5.41, 5.74) is 1.81. The summed E-state index contributed by atoms with van der Waals surface area (Å²) in [6, 6.07) is 9.90. The molecule has 0 aliphatic carbocycles. The first-order valence-corrected chi connectivity index (χ1v) is 4.37. The summed E-state index contributed by atoms with van der Waals surface area (Å²) in [5.74, 6) is 0. The summed E-state index contributed by atoms with van der Waals surface area (Å²) >= 11 is 0. The largest absolute Gasteiger partial charge is 0.462 e. The van der Waals surface area contributed by atoms with E-state index in [-0.39, 0.29) is 0 Å². The van der Waals surface area contributed by atoms with Crippen molar-refractivity contribution >= 4 is 16.7 Å². The summed E-state index contributed by atoms with van der Waals surface area (Å²) in [7, 11) is 1.88. The van der Waals surface area contributed by atoms with E-state index in [1.807, 2.05) is 36.2 Å². The van der Waals surface area contributed by atoms with E-state index in [1.165, 1.54) is 0 Å². The highest BCUT2D eigenvalue weighted by Gasteiger charge is 2.08. The molecule has 0 aliphatic heterocycles. The number of para-hydroxylation sites is 1. The lowest BCUT2D eigenvalue weighted by molar-refractivity contribution is 0.615. The lowest BCUT2D eigenvalue weighted by Gasteiger charge is -2.12. The average Bonchev–Trinajstić information content (AvgIpc) is 2.61. The molecule has 0 fully saturated rings. The Kier molecular flexibility index (Phi) is 2.11. The molecule has 0 atom stereocenters. The van der Waals surface area contributed by atoms with Crippen LogP contribution in [0.25, 0.3) is 11.0 Å². The van der Waals surface area contributed by atoms with E-state index < -0.39 is 0 Å². The summed E-state index contributed by atoms with van der Waals surface area (Å²) in [5, 5.41) is 9.63. The van der Waals surface area contributed by atoms with Gasteiger partial charge in [-0.2, -0.15) is 5.26 Å². The van der Waals surface area contributed by atoms with Gasteiger partial charge in [0.1, 0.15) is 18.4 Å². The molecule has 3 nitrogen and oxygen atoms in total. The fraction of sp³-hybridized carbons (Fsp3) is 0.182. The van der Waals surface area contributed by atoms with E-state index in [9.17, 15) is 0 Å². The number of hydrogen-bond donors (Lipinski definition) is 0. The number of nitrogens with zero attached hydrogens (tertiary/aromatic N) is 2. The van der Waals surface area contributed by atoms with Crippen molar-refractivity contribution in [3.05, 3.63) is 30.5 Å². The van der Waals surface area contributed by atoms with E-state index >= 15 is 0 Å². The highest BCUT2D eigenvalue weighted by molar-refractivity contribution is 5.90. The van der Waals surface area contributed by atoms with Gasteiger partial charge in [-0.25, -0.2) is 0 Å². The smallest absolute Gasteiger partial charge is 0.136 e. The molecule has 0 bridgehead atoms. The van der Waals surface area contributed by atoms with Crippen LogP contribution in [0.5, 0.6) is 0 Å². The first kappa shape index (κ1) is 8.64. The van der Waals surface area contributed by atoms with Gasteiger partial charge in [0.05, 0.1) is 11.8 Å². The normalized spacial score (nSPS) is 10.0. The minimum Gasteiger partial charge on any atom is -0.462 e. The van der Waals surface area contributed by atoms with Crippen LogP contribution in [-0.4, -0.2) is 13.6 Å². The number of anilines is 1. The molecular weight excluding hydrogens is 176 g/mol. The van der Waals surface area contributed by atoms with Crippen LogP contribution < -0.4 is 4.90 Å². The highest BCUT2D eigenvalue weighted by Crippen LogP contribution is 2.27. The third kappa shape index (κ3) is 1.31. The lowest BCUT2D eigenvalue weighted by Crippen LogP contribution is -2.16. The summed E-state index contributed by atoms with van der Waals surface area (Å²) in [4.78, 5) is 1.87. The van der Waals surface area contributed by atoms with Crippen LogP contribution in [0.4, 0.5) is 5.69 Å². The number of rotatable bonds is 2. The van der Waals surface area contributed by atoms with Gasteiger partial charge in [-0.15, -0.1) is 0 Å². The molecule has 2 rings (SSSR count). The Labute approximate surface area is 82.2 Å². The molecule has 0 radical (unpaired) electrons. The van der Waals surface area contributed by atoms with Gasteiger partial charge in [0, 0.05) is 12.4 Å². The predicted molar refractivity (Wildman–Crippen MR) is 55.1 cm³/mol. The third-order valence-corrected chi connectivity index (χ3v) is 2.18. The quantitative estimate of drug-likeness (QED) is 0.676. The van der Waals surface area contributed by atoms with Crippen molar-refractivity contribution < 1.29 is 4.42 Å². The number of fused-ring (bicyclic) bond motifs is 1. The summed E-state index contributed by atoms with van der Waals surface area (Å²) in [6.45, 7) is 0.365. The molecule has 70 valence electrons. The number of nitriles is 1. The van der Waals surface area contributed by atoms with Gasteiger partial charge in [0.2, 0.25) is 0 Å². The Morgan fingerprint density at radius 2 is 2.21 bits per heavy atom. The maximum absolute atomic E-state index is 8.59. The van der Waals surface area contributed by atoms with Gasteiger partial charge < -0.3 is 9.32 Å². The minimum absolute atomic E-state index is 0.365. The minimum atomic E-state index is 0.365. The molecule has 0 N–H and O–H groups in total. The predicted octanol–water partition coefficient (Wildman–Crippen LogP) is 2.39. The average molecular weight is 186 g/mol. The second kappa shape index (κ2) is 3.43. The second-order valence-corrected chi connectivity index (χ2v) is 3.13. The zero-order valence-corrected chi connectivity index (χ0v) is 7.90. The molecule has 1 heterocycles. The molecule has 1 aromatic carbocycles. The van der Waals surface area contributed by atoms with Gasteiger partial charge in [-0.05, 0) is 12.1 Å². The van der Waals surface area contributed by atoms with Crippen molar-refractivity contribution in [3.63, 3.8) is 0 Å². The summed E-state index contributed by atoms with van der Waals surface area (Å²) in [6.07, 6.45) is 1.68. The van der Waals surface area contributed by atoms with Gasteiger partial charge >= 0.3 is 0 Å². The Morgan fingerprint density at radius 1 is 1.43 bits per heavy atom. The number of benzene rings is 1. The zero-order chi connectivity index (χ0) is 9.97. The SMILES string of the molecule is CN(CC#N)c1coc2ccccc12. The molecule has 2 aromatic rings. The molecule has 14 heavy (non-hydrogen) atoms. The maximum atomic E-state index is 8.59. The number of hydrogen-bond acceptors (Lipinski definition) is 3. The first-order valence-electron chi connectivity index (χ1n) is 4.37. The Hall–Kier alpha value is -1.95. The van der Waals surface area contributed by atoms with E-state index in [0.717, 1.165) is 16.7 Å². The topological polar surface area (TPSA) is 40.2 Å². The van der Waals surface area contributed by atoms with Crippen LogP contribution in [0, 0.1) is 11.3 Å². The lowest BCUT2D eigenvalue weighted by atomic mass is 10.2. The van der Waals surface area contributed by atoms with Gasteiger partial charge in [-0.1, -0.05) is 12.1 Å². The van der Waals surface area contributed by atoms with Crippen molar-refractivity contribution in [1.82, 2.24) is 0 Å². The molecule has 0 saturated carbocycles. The van der Waals surface area contributed by atoms with Crippen LogP contribution in [0.2, 0.25) is 0 Å². The fourth-order valence-electron chi connectivity index (χ4n) is 1.45. The molecule has 3 heteroatoms. The van der Waals surface area contributed by atoms with Crippen LogP contribution in [-0.2, 0) is 0 Å². The van der Waals surface area contributed by atoms with Gasteiger partial charge in [0.25, 0.3) is 0 Å². The van der Waals surface area contributed by atoms with Crippen molar-refractivity contribution in [2.45, 2.75) is 0 Å². The van der Waals surface area contributed by atoms with Crippen molar-refractivity contribution in [2.24, 2.45) is 0 Å². The van der Waals surface area contributed by atoms with E-state index in [2.05, 4.69) is 6.07 Å². The standard InChI is InChI=1S/C11H10N2O/c1-13(7-6-12)10-8-14-11-5-3-2-4-9(10)11/h2-5,8H,7H2,1H3. The van der Waals surface area contributed by atoms with E-state index in [1.54, 1.807) is 6.26 Å². The zero-order valence-electron chi connectivity index (χ0n) is 7.90. The highest BCUT2D eigenvalue weighted by atomic mass is 16.3. The molecule has 0 unspecified atom stereocenters. The van der Waals surface area contributed by atoms with Crippen LogP contribution in [0.3, 0.4) is 0 Å². The molecule has 0 amide bonds. The van der Waals surface area contributed by atoms with Crippen LogP contribution >= 0.6 is 0 Å². The van der Waals surface area contributed by atoms with Crippen LogP contribution in [0.1, 0.15) is 0 Å². The Bertz CT molecular complexity index is 481. The van der Waals surface area contributed by atoms with E-state index in [0.29, 0.717) is 6.54 Å². The molecule has 0 aliphatic rings. The van der Waals surface area contributed by atoms with E-state index in [4.69, 9.17) is 9.68 Å².